The van der Waals surface area contributed by atoms with Gasteiger partial charge in [0.15, 0.2) is 0 Å². The van der Waals surface area contributed by atoms with Gasteiger partial charge in [0.1, 0.15) is 0 Å². The topological polar surface area (TPSA) is 21.3 Å². The lowest BCUT2D eigenvalue weighted by Gasteiger charge is -2.22. The van der Waals surface area contributed by atoms with E-state index in [0.29, 0.717) is 12.1 Å². The van der Waals surface area contributed by atoms with Crippen LogP contribution in [0.25, 0.3) is 0 Å². The molecular weight excluding hydrogens is 294 g/mol. The van der Waals surface area contributed by atoms with Gasteiger partial charge >= 0.3 is 0 Å². The Hall–Kier alpha value is -0.340. The first-order valence-electron chi connectivity index (χ1n) is 10.6. The highest BCUT2D eigenvalue weighted by Crippen LogP contribution is 2.26. The van der Waals surface area contributed by atoms with E-state index >= 15 is 0 Å². The van der Waals surface area contributed by atoms with E-state index in [2.05, 4.69) is 45.3 Å². The molecule has 0 aromatic rings. The molecule has 2 heteroatoms. The number of nitrogens with one attached hydrogen (secondary N) is 1. The molecular formula is C22H43NO. The summed E-state index contributed by atoms with van der Waals surface area (Å²) in [6, 6.07) is 0.628. The normalized spacial score (nSPS) is 19.2. The van der Waals surface area contributed by atoms with Crippen molar-refractivity contribution in [2.75, 3.05) is 13.7 Å². The second kappa shape index (κ2) is 13.9. The van der Waals surface area contributed by atoms with Crippen LogP contribution < -0.4 is 5.32 Å². The molecule has 0 heterocycles. The van der Waals surface area contributed by atoms with Crippen LogP contribution >= 0.6 is 0 Å². The zero-order chi connectivity index (χ0) is 17.6. The van der Waals surface area contributed by atoms with Crippen molar-refractivity contribution in [3.05, 3.63) is 12.2 Å². The van der Waals surface area contributed by atoms with Gasteiger partial charge in [0.2, 0.25) is 0 Å². The number of rotatable bonds is 13. The SMILES string of the molecule is CNC(C/C=C\CCCC(C)OCCC1CCCCC1)CC(C)C. The van der Waals surface area contributed by atoms with Crippen LogP contribution in [0.15, 0.2) is 12.2 Å². The summed E-state index contributed by atoms with van der Waals surface area (Å²) in [7, 11) is 2.08. The van der Waals surface area contributed by atoms with Gasteiger partial charge in [-0.3, -0.25) is 0 Å². The number of ether oxygens (including phenoxy) is 1. The number of hydrogen-bond acceptors (Lipinski definition) is 2. The largest absolute Gasteiger partial charge is 0.378 e. The maximum absolute atomic E-state index is 6.02. The van der Waals surface area contributed by atoms with Gasteiger partial charge in [-0.1, -0.05) is 58.1 Å². The van der Waals surface area contributed by atoms with Crippen molar-refractivity contribution in [1.29, 1.82) is 0 Å². The van der Waals surface area contributed by atoms with Crippen molar-refractivity contribution in [2.45, 2.75) is 104 Å². The molecule has 1 aliphatic rings. The smallest absolute Gasteiger partial charge is 0.0547 e. The Balaban J connectivity index is 1.98. The molecule has 1 N–H and O–H groups in total. The fourth-order valence-corrected chi connectivity index (χ4v) is 3.80. The standard InChI is InChI=1S/C22H43NO/c1-19(2)18-22(23-4)15-11-6-5-8-12-20(3)24-17-16-21-13-9-7-10-14-21/h6,11,19-23H,5,7-10,12-18H2,1-4H3/b11-6-. The minimum atomic E-state index is 0.424. The first-order chi connectivity index (χ1) is 11.6. The minimum Gasteiger partial charge on any atom is -0.378 e. The average Bonchev–Trinajstić information content (AvgIpc) is 2.57. The highest BCUT2D eigenvalue weighted by atomic mass is 16.5. The number of unbranched alkanes of at least 4 members (excludes halogenated alkanes) is 1. The van der Waals surface area contributed by atoms with Crippen molar-refractivity contribution in [2.24, 2.45) is 11.8 Å². The van der Waals surface area contributed by atoms with Crippen LogP contribution in [0.1, 0.15) is 91.4 Å². The van der Waals surface area contributed by atoms with Crippen molar-refractivity contribution >= 4 is 0 Å². The van der Waals surface area contributed by atoms with Crippen LogP contribution in [-0.4, -0.2) is 25.8 Å². The summed E-state index contributed by atoms with van der Waals surface area (Å²) >= 11 is 0. The van der Waals surface area contributed by atoms with Crippen molar-refractivity contribution in [1.82, 2.24) is 5.32 Å². The summed E-state index contributed by atoms with van der Waals surface area (Å²) in [5.41, 5.74) is 0. The first-order valence-corrected chi connectivity index (χ1v) is 10.6. The van der Waals surface area contributed by atoms with Gasteiger partial charge in [-0.05, 0) is 64.3 Å². The lowest BCUT2D eigenvalue weighted by Crippen LogP contribution is -2.25. The van der Waals surface area contributed by atoms with E-state index in [4.69, 9.17) is 4.74 Å². The summed E-state index contributed by atoms with van der Waals surface area (Å²) in [4.78, 5) is 0. The molecule has 0 aromatic carbocycles. The second-order valence-corrected chi connectivity index (χ2v) is 8.23. The molecule has 2 atom stereocenters. The Labute approximate surface area is 151 Å². The van der Waals surface area contributed by atoms with Crippen molar-refractivity contribution in [3.63, 3.8) is 0 Å². The van der Waals surface area contributed by atoms with E-state index in [-0.39, 0.29) is 0 Å². The van der Waals surface area contributed by atoms with E-state index < -0.39 is 0 Å². The molecule has 0 aliphatic heterocycles. The second-order valence-electron chi connectivity index (χ2n) is 8.23. The summed E-state index contributed by atoms with van der Waals surface area (Å²) in [6.07, 6.45) is 19.7. The highest BCUT2D eigenvalue weighted by Gasteiger charge is 2.13. The summed E-state index contributed by atoms with van der Waals surface area (Å²) in [5.74, 6) is 1.71. The van der Waals surface area contributed by atoms with Gasteiger partial charge in [-0.15, -0.1) is 0 Å². The molecule has 1 saturated carbocycles. The predicted octanol–water partition coefficient (Wildman–Crippen LogP) is 6.11. The predicted molar refractivity (Wildman–Crippen MR) is 107 cm³/mol. The van der Waals surface area contributed by atoms with Gasteiger partial charge in [-0.2, -0.15) is 0 Å². The van der Waals surface area contributed by atoms with E-state index in [1.165, 1.54) is 64.2 Å². The summed E-state index contributed by atoms with van der Waals surface area (Å²) < 4.78 is 6.02. The Morgan fingerprint density at radius 2 is 1.83 bits per heavy atom. The molecule has 1 fully saturated rings. The Morgan fingerprint density at radius 1 is 1.08 bits per heavy atom. The van der Waals surface area contributed by atoms with Gasteiger partial charge in [0.05, 0.1) is 6.10 Å². The van der Waals surface area contributed by atoms with Crippen LogP contribution in [0.5, 0.6) is 0 Å². The third kappa shape index (κ3) is 11.3. The summed E-state index contributed by atoms with van der Waals surface area (Å²) in [6.45, 7) is 7.80. The minimum absolute atomic E-state index is 0.424. The van der Waals surface area contributed by atoms with E-state index in [1.807, 2.05) is 0 Å². The van der Waals surface area contributed by atoms with Crippen LogP contribution in [-0.2, 0) is 4.74 Å². The Kier molecular flexibility index (Phi) is 12.6. The molecule has 0 aromatic heterocycles. The van der Waals surface area contributed by atoms with Crippen LogP contribution in [0.4, 0.5) is 0 Å². The highest BCUT2D eigenvalue weighted by molar-refractivity contribution is 4.86. The fourth-order valence-electron chi connectivity index (χ4n) is 3.80. The zero-order valence-electron chi connectivity index (χ0n) is 16.9. The fraction of sp³-hybridized carbons (Fsp3) is 0.909. The molecule has 0 bridgehead atoms. The Bertz CT molecular complexity index is 307. The van der Waals surface area contributed by atoms with Crippen molar-refractivity contribution < 1.29 is 4.74 Å². The van der Waals surface area contributed by atoms with E-state index in [1.54, 1.807) is 0 Å². The summed E-state index contributed by atoms with van der Waals surface area (Å²) in [5, 5.41) is 3.42. The van der Waals surface area contributed by atoms with Crippen molar-refractivity contribution in [3.8, 4) is 0 Å². The van der Waals surface area contributed by atoms with E-state index in [9.17, 15) is 0 Å². The number of hydrogen-bond donors (Lipinski definition) is 1. The first kappa shape index (κ1) is 21.7. The quantitative estimate of drug-likeness (QED) is 0.323. The van der Waals surface area contributed by atoms with Gasteiger partial charge in [-0.25, -0.2) is 0 Å². The molecule has 0 saturated heterocycles. The molecule has 0 radical (unpaired) electrons. The molecule has 0 amide bonds. The van der Waals surface area contributed by atoms with Gasteiger partial charge in [0, 0.05) is 12.6 Å². The van der Waals surface area contributed by atoms with Gasteiger partial charge < -0.3 is 10.1 Å². The molecule has 2 nitrogen and oxygen atoms in total. The molecule has 1 rings (SSSR count). The monoisotopic (exact) mass is 337 g/mol. The van der Waals surface area contributed by atoms with E-state index in [0.717, 1.165) is 24.9 Å². The molecule has 0 spiro atoms. The van der Waals surface area contributed by atoms with Crippen LogP contribution in [0, 0.1) is 11.8 Å². The lowest BCUT2D eigenvalue weighted by molar-refractivity contribution is 0.0471. The van der Waals surface area contributed by atoms with Gasteiger partial charge in [0.25, 0.3) is 0 Å². The van der Waals surface area contributed by atoms with Crippen LogP contribution in [0.3, 0.4) is 0 Å². The zero-order valence-corrected chi connectivity index (χ0v) is 16.9. The maximum Gasteiger partial charge on any atom is 0.0547 e. The number of allylic oxidation sites excluding steroid dienone is 1. The maximum atomic E-state index is 6.02. The third-order valence-corrected chi connectivity index (χ3v) is 5.39. The molecule has 2 unspecified atom stereocenters. The lowest BCUT2D eigenvalue weighted by atomic mass is 9.87. The third-order valence-electron chi connectivity index (χ3n) is 5.39. The van der Waals surface area contributed by atoms with Crippen LogP contribution in [0.2, 0.25) is 0 Å². The molecule has 1 aliphatic carbocycles. The average molecular weight is 338 g/mol. The Morgan fingerprint density at radius 3 is 2.50 bits per heavy atom. The molecule has 142 valence electrons. The molecule has 24 heavy (non-hydrogen) atoms.